The Labute approximate surface area is 98.3 Å². The Kier molecular flexibility index (Phi) is 23.8. The van der Waals surface area contributed by atoms with Gasteiger partial charge in [0.05, 0.1) is 0 Å². The minimum atomic E-state index is -0.472. The van der Waals surface area contributed by atoms with E-state index in [1.54, 1.807) is 0 Å². The van der Waals surface area contributed by atoms with Crippen molar-refractivity contribution in [3.63, 3.8) is 0 Å². The molecule has 0 radical (unpaired) electrons. The SMILES string of the molecule is C=CCC[Se]CCC=C.[Cl][Pt][Cl]. The summed E-state index contributed by atoms with van der Waals surface area (Å²) in [4.78, 5) is 0. The van der Waals surface area contributed by atoms with Crippen LogP contribution in [-0.2, 0) is 16.5 Å². The molecule has 0 amide bonds. The van der Waals surface area contributed by atoms with Crippen molar-refractivity contribution in [2.24, 2.45) is 0 Å². The second kappa shape index (κ2) is 18.1. The molecule has 76 valence electrons. The van der Waals surface area contributed by atoms with Crippen LogP contribution in [0, 0.1) is 0 Å². The predicted octanol–water partition coefficient (Wildman–Crippen LogP) is 4.06. The van der Waals surface area contributed by atoms with Gasteiger partial charge in [-0.3, -0.25) is 0 Å². The molecule has 0 aliphatic carbocycles. The van der Waals surface area contributed by atoms with Crippen molar-refractivity contribution in [2.75, 3.05) is 0 Å². The average molecular weight is 455 g/mol. The fraction of sp³-hybridized carbons (Fsp3) is 0.500. The van der Waals surface area contributed by atoms with Gasteiger partial charge in [-0.1, -0.05) is 0 Å². The zero-order valence-electron chi connectivity index (χ0n) is 6.88. The van der Waals surface area contributed by atoms with Crippen LogP contribution in [0.2, 0.25) is 10.6 Å². The molecule has 0 unspecified atom stereocenters. The normalized spacial score (nSPS) is 8.50. The van der Waals surface area contributed by atoms with Gasteiger partial charge in [0.2, 0.25) is 0 Å². The number of allylic oxidation sites excluding steroid dienone is 2. The molecule has 0 heterocycles. The van der Waals surface area contributed by atoms with Gasteiger partial charge in [-0.15, -0.1) is 0 Å². The molecule has 0 fully saturated rings. The Morgan fingerprint density at radius 2 is 1.42 bits per heavy atom. The topological polar surface area (TPSA) is 0 Å². The van der Waals surface area contributed by atoms with Gasteiger partial charge in [-0.25, -0.2) is 0 Å². The minimum absolute atomic E-state index is 0.472. The molecule has 0 bridgehead atoms. The summed E-state index contributed by atoms with van der Waals surface area (Å²) < 4.78 is 0. The summed E-state index contributed by atoms with van der Waals surface area (Å²) in [6.45, 7) is 7.34. The Balaban J connectivity index is 0. The van der Waals surface area contributed by atoms with E-state index in [4.69, 9.17) is 18.8 Å². The van der Waals surface area contributed by atoms with Crippen molar-refractivity contribution in [1.29, 1.82) is 0 Å². The summed E-state index contributed by atoms with van der Waals surface area (Å²) in [5, 5.41) is 2.70. The molecule has 0 spiro atoms. The van der Waals surface area contributed by atoms with E-state index >= 15 is 0 Å². The third-order valence-corrected chi connectivity index (χ3v) is 3.13. The van der Waals surface area contributed by atoms with Crippen molar-refractivity contribution in [3.05, 3.63) is 25.3 Å². The molecule has 0 aromatic heterocycles. The number of hydrogen-bond donors (Lipinski definition) is 0. The van der Waals surface area contributed by atoms with Crippen LogP contribution in [0.5, 0.6) is 0 Å². The van der Waals surface area contributed by atoms with E-state index in [0.717, 1.165) is 15.0 Å². The monoisotopic (exact) mass is 455 g/mol. The van der Waals surface area contributed by atoms with Gasteiger partial charge in [0.1, 0.15) is 0 Å². The maximum absolute atomic E-state index is 4.88. The van der Waals surface area contributed by atoms with E-state index in [2.05, 4.69) is 13.2 Å². The number of rotatable bonds is 6. The second-order valence-electron chi connectivity index (χ2n) is 1.81. The number of hydrogen-bond acceptors (Lipinski definition) is 0. The van der Waals surface area contributed by atoms with Gasteiger partial charge < -0.3 is 0 Å². The molecule has 0 nitrogen and oxygen atoms in total. The molecule has 12 heavy (non-hydrogen) atoms. The first-order chi connectivity index (χ1) is 5.83. The van der Waals surface area contributed by atoms with Crippen molar-refractivity contribution in [1.82, 2.24) is 0 Å². The van der Waals surface area contributed by atoms with Gasteiger partial charge in [-0.2, -0.15) is 0 Å². The van der Waals surface area contributed by atoms with Crippen molar-refractivity contribution >= 4 is 33.8 Å². The van der Waals surface area contributed by atoms with Gasteiger partial charge in [0.25, 0.3) is 0 Å². The molecule has 0 atom stereocenters. The van der Waals surface area contributed by atoms with Crippen LogP contribution in [0.15, 0.2) is 25.3 Å². The van der Waals surface area contributed by atoms with Gasteiger partial charge in [-0.05, 0) is 0 Å². The average Bonchev–Trinajstić information content (AvgIpc) is 2.06. The summed E-state index contributed by atoms with van der Waals surface area (Å²) in [6.07, 6.45) is 6.37. The summed E-state index contributed by atoms with van der Waals surface area (Å²) in [6, 6.07) is 0. The van der Waals surface area contributed by atoms with Crippen molar-refractivity contribution in [3.8, 4) is 0 Å². The fourth-order valence-electron chi connectivity index (χ4n) is 0.435. The summed E-state index contributed by atoms with van der Waals surface area (Å²) in [7, 11) is 9.75. The molecule has 0 aromatic rings. The second-order valence-corrected chi connectivity index (χ2v) is 7.66. The standard InChI is InChI=1S/C8H14Se.2ClH.Pt/c1-3-5-7-9-8-6-4-2;;;/h3-4H,1-2,5-8H2;2*1H;/q;;;+2/p-2. The molecule has 0 saturated heterocycles. The molecule has 0 rings (SSSR count). The van der Waals surface area contributed by atoms with E-state index in [1.807, 2.05) is 12.2 Å². The molecule has 0 N–H and O–H groups in total. The summed E-state index contributed by atoms with van der Waals surface area (Å²) in [5.74, 6) is 0. The van der Waals surface area contributed by atoms with Crippen LogP contribution in [0.1, 0.15) is 12.8 Å². The third-order valence-electron chi connectivity index (χ3n) is 0.933. The van der Waals surface area contributed by atoms with Crippen molar-refractivity contribution < 1.29 is 16.5 Å². The van der Waals surface area contributed by atoms with Crippen molar-refractivity contribution in [2.45, 2.75) is 23.5 Å². The Morgan fingerprint density at radius 3 is 1.67 bits per heavy atom. The molecule has 0 aliphatic heterocycles. The quantitative estimate of drug-likeness (QED) is 0.322. The Morgan fingerprint density at radius 1 is 1.08 bits per heavy atom. The third kappa shape index (κ3) is 22.5. The first kappa shape index (κ1) is 15.7. The van der Waals surface area contributed by atoms with Gasteiger partial charge in [0, 0.05) is 0 Å². The zero-order chi connectivity index (χ0) is 9.66. The van der Waals surface area contributed by atoms with E-state index in [0.29, 0.717) is 0 Å². The van der Waals surface area contributed by atoms with Crippen LogP contribution in [0.25, 0.3) is 0 Å². The molecule has 0 aromatic carbocycles. The van der Waals surface area contributed by atoms with E-state index in [9.17, 15) is 0 Å². The molecular formula is C8H14Cl2PtSe. The van der Waals surface area contributed by atoms with Crippen LogP contribution >= 0.6 is 18.8 Å². The van der Waals surface area contributed by atoms with E-state index in [-0.39, 0.29) is 0 Å². The fourth-order valence-corrected chi connectivity index (χ4v) is 2.26. The predicted molar refractivity (Wildman–Crippen MR) is 56.7 cm³/mol. The first-order valence-electron chi connectivity index (χ1n) is 3.45. The molecule has 0 aliphatic rings. The molecular weight excluding hydrogens is 441 g/mol. The summed E-state index contributed by atoms with van der Waals surface area (Å²) in [5.41, 5.74) is 0. The van der Waals surface area contributed by atoms with Crippen LogP contribution in [-0.4, -0.2) is 15.0 Å². The van der Waals surface area contributed by atoms with Gasteiger partial charge in [0.15, 0.2) is 0 Å². The van der Waals surface area contributed by atoms with E-state index < -0.39 is 16.5 Å². The first-order valence-corrected chi connectivity index (χ1v) is 11.5. The van der Waals surface area contributed by atoms with E-state index in [1.165, 1.54) is 23.5 Å². The summed E-state index contributed by atoms with van der Waals surface area (Å²) >= 11 is 0.363. The van der Waals surface area contributed by atoms with Gasteiger partial charge >= 0.3 is 99.1 Å². The zero-order valence-corrected chi connectivity index (χ0v) is 12.4. The van der Waals surface area contributed by atoms with Crippen LogP contribution in [0.3, 0.4) is 0 Å². The van der Waals surface area contributed by atoms with Crippen LogP contribution < -0.4 is 0 Å². The Bertz CT molecular complexity index is 89.1. The molecule has 0 saturated carbocycles. The van der Waals surface area contributed by atoms with Crippen LogP contribution in [0.4, 0.5) is 0 Å². The maximum atomic E-state index is 4.88. The Hall–Kier alpha value is 1.27. The number of halogens is 2. The molecule has 4 heteroatoms.